The number of hydrogen-bond donors (Lipinski definition) is 0. The normalized spacial score (nSPS) is 13.4. The number of aryl methyl sites for hydroxylation is 1. The lowest BCUT2D eigenvalue weighted by atomic mass is 9.89. The summed E-state index contributed by atoms with van der Waals surface area (Å²) in [7, 11) is 0. The molecule has 0 N–H and O–H groups in total. The predicted molar refractivity (Wildman–Crippen MR) is 116 cm³/mol. The van der Waals surface area contributed by atoms with E-state index < -0.39 is 0 Å². The second kappa shape index (κ2) is 6.97. The van der Waals surface area contributed by atoms with E-state index in [0.29, 0.717) is 0 Å². The molecule has 0 radical (unpaired) electrons. The van der Waals surface area contributed by atoms with Crippen LogP contribution in [0.15, 0.2) is 91.0 Å². The SMILES string of the molecule is O=C(c1ccccc1)N1CCCc2cc(-c3ccccc3)c3ccccc3c21. The Morgan fingerprint density at radius 3 is 2.14 bits per heavy atom. The Labute approximate surface area is 165 Å². The number of carbonyl (C=O) groups is 1. The molecular weight excluding hydrogens is 342 g/mol. The number of fused-ring (bicyclic) bond motifs is 3. The lowest BCUT2D eigenvalue weighted by Gasteiger charge is -2.32. The monoisotopic (exact) mass is 363 g/mol. The average molecular weight is 363 g/mol. The minimum atomic E-state index is 0.0826. The number of anilines is 1. The second-order valence-electron chi connectivity index (χ2n) is 7.27. The average Bonchev–Trinajstić information content (AvgIpc) is 2.79. The van der Waals surface area contributed by atoms with Crippen LogP contribution >= 0.6 is 0 Å². The minimum Gasteiger partial charge on any atom is -0.307 e. The molecule has 0 aliphatic carbocycles. The Hall–Kier alpha value is -3.39. The summed E-state index contributed by atoms with van der Waals surface area (Å²) in [5.74, 6) is 0.0826. The number of hydrogen-bond acceptors (Lipinski definition) is 1. The van der Waals surface area contributed by atoms with E-state index in [2.05, 4.69) is 54.6 Å². The Bertz CT molecular complexity index is 1150. The Kier molecular flexibility index (Phi) is 4.17. The first-order chi connectivity index (χ1) is 13.8. The van der Waals surface area contributed by atoms with Crippen molar-refractivity contribution in [3.63, 3.8) is 0 Å². The van der Waals surface area contributed by atoms with Gasteiger partial charge in [-0.15, -0.1) is 0 Å². The van der Waals surface area contributed by atoms with Crippen molar-refractivity contribution < 1.29 is 4.79 Å². The highest BCUT2D eigenvalue weighted by Gasteiger charge is 2.26. The zero-order valence-electron chi connectivity index (χ0n) is 15.6. The fourth-order valence-corrected chi connectivity index (χ4v) is 4.26. The molecule has 5 rings (SSSR count). The number of carbonyl (C=O) groups excluding carboxylic acids is 1. The van der Waals surface area contributed by atoms with Crippen molar-refractivity contribution in [3.05, 3.63) is 102 Å². The van der Waals surface area contributed by atoms with E-state index in [4.69, 9.17) is 0 Å². The molecule has 0 unspecified atom stereocenters. The van der Waals surface area contributed by atoms with E-state index in [9.17, 15) is 4.79 Å². The summed E-state index contributed by atoms with van der Waals surface area (Å²) >= 11 is 0. The van der Waals surface area contributed by atoms with Gasteiger partial charge in [-0.25, -0.2) is 0 Å². The van der Waals surface area contributed by atoms with Crippen molar-refractivity contribution in [1.29, 1.82) is 0 Å². The number of amides is 1. The van der Waals surface area contributed by atoms with Gasteiger partial charge in [-0.2, -0.15) is 0 Å². The third kappa shape index (κ3) is 2.78. The molecule has 0 fully saturated rings. The predicted octanol–water partition coefficient (Wildman–Crippen LogP) is 6.10. The second-order valence-corrected chi connectivity index (χ2v) is 7.27. The fourth-order valence-electron chi connectivity index (χ4n) is 4.26. The lowest BCUT2D eigenvalue weighted by molar-refractivity contribution is 0.0985. The van der Waals surface area contributed by atoms with E-state index >= 15 is 0 Å². The molecule has 0 atom stereocenters. The molecule has 136 valence electrons. The van der Waals surface area contributed by atoms with Crippen LogP contribution < -0.4 is 4.90 Å². The molecule has 0 spiro atoms. The van der Waals surface area contributed by atoms with Crippen molar-refractivity contribution in [1.82, 2.24) is 0 Å². The summed E-state index contributed by atoms with van der Waals surface area (Å²) < 4.78 is 0. The van der Waals surface area contributed by atoms with Crippen LogP contribution in [0.4, 0.5) is 5.69 Å². The molecule has 2 nitrogen and oxygen atoms in total. The van der Waals surface area contributed by atoms with E-state index in [1.165, 1.54) is 22.1 Å². The third-order valence-electron chi connectivity index (χ3n) is 5.54. The van der Waals surface area contributed by atoms with Crippen LogP contribution in [0.1, 0.15) is 22.3 Å². The lowest BCUT2D eigenvalue weighted by Crippen LogP contribution is -2.35. The van der Waals surface area contributed by atoms with Crippen LogP contribution in [0, 0.1) is 0 Å². The molecule has 1 amide bonds. The van der Waals surface area contributed by atoms with Gasteiger partial charge in [-0.1, -0.05) is 72.8 Å². The maximum absolute atomic E-state index is 13.3. The summed E-state index contributed by atoms with van der Waals surface area (Å²) in [6.07, 6.45) is 1.98. The molecule has 0 bridgehead atoms. The maximum Gasteiger partial charge on any atom is 0.258 e. The van der Waals surface area contributed by atoms with Crippen LogP contribution in [-0.4, -0.2) is 12.5 Å². The Balaban J connectivity index is 1.73. The van der Waals surface area contributed by atoms with E-state index in [0.717, 1.165) is 36.0 Å². The van der Waals surface area contributed by atoms with Gasteiger partial charge in [0.25, 0.3) is 5.91 Å². The highest BCUT2D eigenvalue weighted by molar-refractivity contribution is 6.14. The first-order valence-corrected chi connectivity index (χ1v) is 9.80. The maximum atomic E-state index is 13.3. The quantitative estimate of drug-likeness (QED) is 0.421. The van der Waals surface area contributed by atoms with E-state index in [1.54, 1.807) is 0 Å². The highest BCUT2D eigenvalue weighted by Crippen LogP contribution is 2.41. The van der Waals surface area contributed by atoms with Crippen molar-refractivity contribution in [2.75, 3.05) is 11.4 Å². The molecule has 1 heterocycles. The molecule has 0 aromatic heterocycles. The Morgan fingerprint density at radius 1 is 0.750 bits per heavy atom. The molecule has 1 aliphatic rings. The van der Waals surface area contributed by atoms with Gasteiger partial charge < -0.3 is 4.90 Å². The number of nitrogens with zero attached hydrogens (tertiary/aromatic N) is 1. The number of rotatable bonds is 2. The first kappa shape index (κ1) is 16.8. The zero-order valence-corrected chi connectivity index (χ0v) is 15.6. The van der Waals surface area contributed by atoms with Gasteiger partial charge in [0.15, 0.2) is 0 Å². The van der Waals surface area contributed by atoms with Gasteiger partial charge in [0.1, 0.15) is 0 Å². The van der Waals surface area contributed by atoms with Gasteiger partial charge in [-0.05, 0) is 53.1 Å². The summed E-state index contributed by atoms with van der Waals surface area (Å²) in [4.78, 5) is 15.3. The molecule has 2 heteroatoms. The molecule has 28 heavy (non-hydrogen) atoms. The topological polar surface area (TPSA) is 20.3 Å². The first-order valence-electron chi connectivity index (χ1n) is 9.80. The minimum absolute atomic E-state index is 0.0826. The molecule has 0 saturated carbocycles. The third-order valence-corrected chi connectivity index (χ3v) is 5.54. The molecular formula is C26H21NO. The standard InChI is InChI=1S/C26H21NO/c28-26(20-12-5-2-6-13-20)27-17-9-14-21-18-24(19-10-3-1-4-11-19)22-15-7-8-16-23(22)25(21)27/h1-8,10-13,15-16,18H,9,14,17H2. The van der Waals surface area contributed by atoms with Crippen molar-refractivity contribution >= 4 is 22.4 Å². The van der Waals surface area contributed by atoms with Gasteiger partial charge in [0.2, 0.25) is 0 Å². The zero-order chi connectivity index (χ0) is 18.9. The molecule has 4 aromatic rings. The van der Waals surface area contributed by atoms with Gasteiger partial charge in [-0.3, -0.25) is 4.79 Å². The molecule has 1 aliphatic heterocycles. The fraction of sp³-hybridized carbons (Fsp3) is 0.115. The molecule has 4 aromatic carbocycles. The van der Waals surface area contributed by atoms with Crippen LogP contribution in [0.2, 0.25) is 0 Å². The van der Waals surface area contributed by atoms with E-state index in [-0.39, 0.29) is 5.91 Å². The smallest absolute Gasteiger partial charge is 0.258 e. The highest BCUT2D eigenvalue weighted by atomic mass is 16.2. The van der Waals surface area contributed by atoms with E-state index in [1.807, 2.05) is 41.3 Å². The van der Waals surface area contributed by atoms with Crippen molar-refractivity contribution in [2.45, 2.75) is 12.8 Å². The van der Waals surface area contributed by atoms with Crippen LogP contribution in [0.25, 0.3) is 21.9 Å². The summed E-state index contributed by atoms with van der Waals surface area (Å²) in [6, 6.07) is 30.9. The van der Waals surface area contributed by atoms with Crippen LogP contribution in [0.5, 0.6) is 0 Å². The summed E-state index contributed by atoms with van der Waals surface area (Å²) in [6.45, 7) is 0.759. The summed E-state index contributed by atoms with van der Waals surface area (Å²) in [5, 5.41) is 2.35. The van der Waals surface area contributed by atoms with Gasteiger partial charge in [0.05, 0.1) is 5.69 Å². The number of benzene rings is 4. The van der Waals surface area contributed by atoms with Gasteiger partial charge >= 0.3 is 0 Å². The van der Waals surface area contributed by atoms with Crippen LogP contribution in [0.3, 0.4) is 0 Å². The van der Waals surface area contributed by atoms with Crippen LogP contribution in [-0.2, 0) is 6.42 Å². The van der Waals surface area contributed by atoms with Gasteiger partial charge in [0, 0.05) is 17.5 Å². The summed E-state index contributed by atoms with van der Waals surface area (Å²) in [5.41, 5.74) is 5.53. The Morgan fingerprint density at radius 2 is 1.39 bits per heavy atom. The largest absolute Gasteiger partial charge is 0.307 e. The van der Waals surface area contributed by atoms with Crippen molar-refractivity contribution in [3.8, 4) is 11.1 Å². The van der Waals surface area contributed by atoms with Crippen molar-refractivity contribution in [2.24, 2.45) is 0 Å². The molecule has 0 saturated heterocycles.